The van der Waals surface area contributed by atoms with Crippen molar-refractivity contribution in [2.75, 3.05) is 13.7 Å². The monoisotopic (exact) mass is 463 g/mol. The first kappa shape index (κ1) is 24.2. The van der Waals surface area contributed by atoms with Crippen LogP contribution in [0.15, 0.2) is 60.7 Å². The quantitative estimate of drug-likeness (QED) is 0.457. The predicted octanol–water partition coefficient (Wildman–Crippen LogP) is 4.62. The summed E-state index contributed by atoms with van der Waals surface area (Å²) in [5.41, 5.74) is 0.472. The van der Waals surface area contributed by atoms with Crippen LogP contribution in [-0.2, 0) is 9.53 Å². The molecule has 0 unspecified atom stereocenters. The number of benzene rings is 2. The van der Waals surface area contributed by atoms with Crippen LogP contribution in [0.3, 0.4) is 0 Å². The number of amides is 1. The van der Waals surface area contributed by atoms with E-state index in [1.54, 1.807) is 37.3 Å². The van der Waals surface area contributed by atoms with Gasteiger partial charge in [0.2, 0.25) is 0 Å². The van der Waals surface area contributed by atoms with Gasteiger partial charge in [0.05, 0.1) is 25.2 Å². The van der Waals surface area contributed by atoms with Crippen LogP contribution in [0.25, 0.3) is 0 Å². The Kier molecular flexibility index (Phi) is 7.63. The first-order valence-corrected chi connectivity index (χ1v) is 10.4. The number of carbonyl (C=O) groups excluding carboxylic acids is 2. The summed E-state index contributed by atoms with van der Waals surface area (Å²) in [6.07, 6.45) is -1.01. The number of allylic oxidation sites excluding steroid dienone is 1. The fourth-order valence-corrected chi connectivity index (χ4v) is 3.82. The van der Waals surface area contributed by atoms with E-state index in [-0.39, 0.29) is 18.1 Å². The third-order valence-electron chi connectivity index (χ3n) is 5.21. The molecule has 0 saturated carbocycles. The molecule has 1 aliphatic rings. The highest BCUT2D eigenvalue weighted by molar-refractivity contribution is 5.97. The van der Waals surface area contributed by atoms with Gasteiger partial charge in [0, 0.05) is 6.04 Å². The molecular weight excluding hydrogens is 439 g/mol. The van der Waals surface area contributed by atoms with Gasteiger partial charge in [-0.15, -0.1) is 13.2 Å². The topological polar surface area (TPSA) is 73.9 Å². The van der Waals surface area contributed by atoms with E-state index in [1.165, 1.54) is 25.3 Å². The van der Waals surface area contributed by atoms with Crippen LogP contribution in [0.5, 0.6) is 11.5 Å². The van der Waals surface area contributed by atoms with Crippen LogP contribution in [0.4, 0.5) is 13.2 Å². The summed E-state index contributed by atoms with van der Waals surface area (Å²) < 4.78 is 52.5. The predicted molar refractivity (Wildman–Crippen MR) is 114 cm³/mol. The standard InChI is InChI=1S/C24H24F3NO5/c1-3-32-23(30)21(15-7-6-8-18(14-15)31-2)16-11-12-17(13-16)28-22(29)19-9-4-5-10-20(19)33-24(25,26)27/h4-12,14,16-17,21H,3,13H2,1-2H3,(H,28,29)/t16-,17+,21+/m0/s1. The number of carbonyl (C=O) groups is 2. The number of rotatable bonds is 8. The minimum Gasteiger partial charge on any atom is -0.497 e. The van der Waals surface area contributed by atoms with Crippen molar-refractivity contribution in [2.45, 2.75) is 31.7 Å². The second-order valence-electron chi connectivity index (χ2n) is 7.41. The number of halogens is 3. The van der Waals surface area contributed by atoms with Gasteiger partial charge in [0.1, 0.15) is 11.5 Å². The number of esters is 1. The molecule has 2 aromatic carbocycles. The molecule has 33 heavy (non-hydrogen) atoms. The van der Waals surface area contributed by atoms with Gasteiger partial charge in [-0.05, 0) is 49.1 Å². The van der Waals surface area contributed by atoms with Crippen molar-refractivity contribution in [1.29, 1.82) is 0 Å². The number of methoxy groups -OCH3 is 1. The molecule has 1 aliphatic carbocycles. The Morgan fingerprint density at radius 1 is 1.12 bits per heavy atom. The molecule has 6 nitrogen and oxygen atoms in total. The smallest absolute Gasteiger partial charge is 0.497 e. The first-order chi connectivity index (χ1) is 15.7. The van der Waals surface area contributed by atoms with Gasteiger partial charge >= 0.3 is 12.3 Å². The van der Waals surface area contributed by atoms with Crippen molar-refractivity contribution in [2.24, 2.45) is 5.92 Å². The molecule has 3 rings (SSSR count). The Labute approximate surface area is 189 Å². The maximum Gasteiger partial charge on any atom is 0.573 e. The Morgan fingerprint density at radius 3 is 2.58 bits per heavy atom. The molecule has 0 heterocycles. The second kappa shape index (κ2) is 10.4. The maximum atomic E-state index is 12.8. The van der Waals surface area contributed by atoms with Crippen molar-refractivity contribution in [1.82, 2.24) is 5.32 Å². The lowest BCUT2D eigenvalue weighted by atomic mass is 9.85. The van der Waals surface area contributed by atoms with Crippen molar-refractivity contribution in [3.8, 4) is 11.5 Å². The number of nitrogens with one attached hydrogen (secondary N) is 1. The number of para-hydroxylation sites is 1. The van der Waals surface area contributed by atoms with Crippen LogP contribution in [0.2, 0.25) is 0 Å². The lowest BCUT2D eigenvalue weighted by molar-refractivity contribution is -0.274. The Morgan fingerprint density at radius 2 is 1.88 bits per heavy atom. The molecule has 0 radical (unpaired) electrons. The van der Waals surface area contributed by atoms with E-state index < -0.39 is 35.9 Å². The SMILES string of the molecule is CCOC(=O)[C@H](c1cccc(OC)c1)[C@H]1C=C[C@@H](NC(=O)c2ccccc2OC(F)(F)F)C1. The second-order valence-corrected chi connectivity index (χ2v) is 7.41. The van der Waals surface area contributed by atoms with Crippen molar-refractivity contribution >= 4 is 11.9 Å². The fourth-order valence-electron chi connectivity index (χ4n) is 3.82. The van der Waals surface area contributed by atoms with Gasteiger partial charge in [0.25, 0.3) is 5.91 Å². The van der Waals surface area contributed by atoms with Crippen LogP contribution < -0.4 is 14.8 Å². The first-order valence-electron chi connectivity index (χ1n) is 10.4. The average Bonchev–Trinajstić information content (AvgIpc) is 3.21. The summed E-state index contributed by atoms with van der Waals surface area (Å²) in [6.45, 7) is 1.93. The molecule has 0 aromatic heterocycles. The molecule has 2 aromatic rings. The van der Waals surface area contributed by atoms with Gasteiger partial charge in [-0.1, -0.05) is 36.4 Å². The molecule has 1 amide bonds. The molecule has 1 N–H and O–H groups in total. The summed E-state index contributed by atoms with van der Waals surface area (Å²) in [4.78, 5) is 25.4. The zero-order chi connectivity index (χ0) is 24.0. The summed E-state index contributed by atoms with van der Waals surface area (Å²) in [5.74, 6) is -2.02. The fraction of sp³-hybridized carbons (Fsp3) is 0.333. The molecule has 9 heteroatoms. The molecule has 0 aliphatic heterocycles. The number of hydrogen-bond acceptors (Lipinski definition) is 5. The van der Waals surface area contributed by atoms with Crippen molar-refractivity contribution in [3.63, 3.8) is 0 Å². The van der Waals surface area contributed by atoms with Crippen molar-refractivity contribution < 1.29 is 37.0 Å². The van der Waals surface area contributed by atoms with E-state index >= 15 is 0 Å². The number of hydrogen-bond donors (Lipinski definition) is 1. The maximum absolute atomic E-state index is 12.8. The molecule has 3 atom stereocenters. The van der Waals surface area contributed by atoms with Gasteiger partial charge in [-0.25, -0.2) is 0 Å². The highest BCUT2D eigenvalue weighted by atomic mass is 19.4. The summed E-state index contributed by atoms with van der Waals surface area (Å²) in [7, 11) is 1.53. The minimum absolute atomic E-state index is 0.214. The third-order valence-corrected chi connectivity index (χ3v) is 5.21. The molecule has 0 fully saturated rings. The lowest BCUT2D eigenvalue weighted by Crippen LogP contribution is -2.34. The van der Waals surface area contributed by atoms with Gasteiger partial charge in [-0.3, -0.25) is 9.59 Å². The van der Waals surface area contributed by atoms with E-state index in [2.05, 4.69) is 10.1 Å². The summed E-state index contributed by atoms with van der Waals surface area (Å²) in [6, 6.07) is 11.7. The Hall–Kier alpha value is -3.49. The van der Waals surface area contributed by atoms with Gasteiger partial charge in [-0.2, -0.15) is 0 Å². The molecule has 176 valence electrons. The third kappa shape index (κ3) is 6.27. The zero-order valence-electron chi connectivity index (χ0n) is 18.1. The molecular formula is C24H24F3NO5. The summed E-state index contributed by atoms with van der Waals surface area (Å²) in [5, 5.41) is 2.70. The van der Waals surface area contributed by atoms with Crippen LogP contribution in [0, 0.1) is 5.92 Å². The van der Waals surface area contributed by atoms with E-state index in [4.69, 9.17) is 9.47 Å². The van der Waals surface area contributed by atoms with Crippen LogP contribution in [0.1, 0.15) is 35.2 Å². The highest BCUT2D eigenvalue weighted by Crippen LogP contribution is 2.36. The Bertz CT molecular complexity index is 1020. The highest BCUT2D eigenvalue weighted by Gasteiger charge is 2.36. The van der Waals surface area contributed by atoms with Crippen LogP contribution >= 0.6 is 0 Å². The molecule has 0 spiro atoms. The number of alkyl halides is 3. The lowest BCUT2D eigenvalue weighted by Gasteiger charge is -2.23. The average molecular weight is 463 g/mol. The van der Waals surface area contributed by atoms with E-state index in [0.717, 1.165) is 6.07 Å². The zero-order valence-corrected chi connectivity index (χ0v) is 18.1. The Balaban J connectivity index is 1.75. The van der Waals surface area contributed by atoms with Crippen LogP contribution in [-0.4, -0.2) is 38.0 Å². The molecule has 0 saturated heterocycles. The van der Waals surface area contributed by atoms with E-state index in [1.807, 2.05) is 6.08 Å². The van der Waals surface area contributed by atoms with Gasteiger partial charge < -0.3 is 19.5 Å². The largest absolute Gasteiger partial charge is 0.573 e. The van der Waals surface area contributed by atoms with Gasteiger partial charge in [0.15, 0.2) is 0 Å². The summed E-state index contributed by atoms with van der Waals surface area (Å²) >= 11 is 0. The van der Waals surface area contributed by atoms with E-state index in [9.17, 15) is 22.8 Å². The van der Waals surface area contributed by atoms with E-state index in [0.29, 0.717) is 17.7 Å². The van der Waals surface area contributed by atoms with Crippen molar-refractivity contribution in [3.05, 3.63) is 71.8 Å². The minimum atomic E-state index is -4.92. The molecule has 0 bridgehead atoms. The normalized spacial score (nSPS) is 18.5. The number of ether oxygens (including phenoxy) is 3.